The van der Waals surface area contributed by atoms with E-state index in [4.69, 9.17) is 4.74 Å². The number of hydrogen-bond acceptors (Lipinski definition) is 4. The van der Waals surface area contributed by atoms with E-state index in [-0.39, 0.29) is 6.61 Å². The second-order valence-electron chi connectivity index (χ2n) is 4.41. The van der Waals surface area contributed by atoms with Crippen LogP contribution < -0.4 is 4.90 Å². The third-order valence-electron chi connectivity index (χ3n) is 2.64. The van der Waals surface area contributed by atoms with Gasteiger partial charge in [0.25, 0.3) is 0 Å². The van der Waals surface area contributed by atoms with Gasteiger partial charge in [-0.05, 0) is 38.5 Å². The highest BCUT2D eigenvalue weighted by molar-refractivity contribution is 5.43. The van der Waals surface area contributed by atoms with Crippen LogP contribution >= 0.6 is 0 Å². The lowest BCUT2D eigenvalue weighted by molar-refractivity contribution is 0.203. The van der Waals surface area contributed by atoms with Crippen LogP contribution in [-0.2, 0) is 11.3 Å². The Balaban J connectivity index is 2.96. The van der Waals surface area contributed by atoms with Gasteiger partial charge in [-0.15, -0.1) is 0 Å². The summed E-state index contributed by atoms with van der Waals surface area (Å²) >= 11 is 0. The van der Waals surface area contributed by atoms with Crippen LogP contribution in [0.4, 0.5) is 5.82 Å². The van der Waals surface area contributed by atoms with Gasteiger partial charge in [-0.2, -0.15) is 0 Å². The number of anilines is 1. The minimum absolute atomic E-state index is 0.0482. The van der Waals surface area contributed by atoms with Crippen molar-refractivity contribution < 1.29 is 9.84 Å². The summed E-state index contributed by atoms with van der Waals surface area (Å²) < 4.78 is 5.11. The van der Waals surface area contributed by atoms with E-state index in [2.05, 4.69) is 23.7 Å². The average Bonchev–Trinajstić information content (AvgIpc) is 2.28. The SMILES string of the molecule is COCCN(c1cc(CO)cc(C)n1)C(C)C. The van der Waals surface area contributed by atoms with Crippen molar-refractivity contribution in [2.75, 3.05) is 25.2 Å². The van der Waals surface area contributed by atoms with Crippen molar-refractivity contribution in [3.05, 3.63) is 23.4 Å². The maximum Gasteiger partial charge on any atom is 0.129 e. The number of aliphatic hydroxyl groups is 1. The average molecular weight is 238 g/mol. The molecule has 1 N–H and O–H groups in total. The molecule has 0 saturated carbocycles. The molecule has 0 aliphatic carbocycles. The molecule has 1 heterocycles. The Morgan fingerprint density at radius 3 is 2.65 bits per heavy atom. The van der Waals surface area contributed by atoms with E-state index >= 15 is 0 Å². The summed E-state index contributed by atoms with van der Waals surface area (Å²) in [7, 11) is 1.70. The second kappa shape index (κ2) is 6.57. The molecular formula is C13H22N2O2. The Morgan fingerprint density at radius 1 is 1.41 bits per heavy atom. The zero-order valence-corrected chi connectivity index (χ0v) is 11.1. The van der Waals surface area contributed by atoms with E-state index in [9.17, 15) is 5.11 Å². The molecule has 0 aliphatic rings. The quantitative estimate of drug-likeness (QED) is 0.820. The van der Waals surface area contributed by atoms with Crippen molar-refractivity contribution in [2.45, 2.75) is 33.4 Å². The van der Waals surface area contributed by atoms with E-state index < -0.39 is 0 Å². The summed E-state index contributed by atoms with van der Waals surface area (Å²) in [4.78, 5) is 6.69. The highest BCUT2D eigenvalue weighted by Gasteiger charge is 2.12. The number of rotatable bonds is 6. The van der Waals surface area contributed by atoms with Crippen LogP contribution in [0.1, 0.15) is 25.1 Å². The number of ether oxygens (including phenoxy) is 1. The molecule has 0 spiro atoms. The van der Waals surface area contributed by atoms with E-state index in [0.717, 1.165) is 23.6 Å². The minimum atomic E-state index is 0.0482. The number of nitrogens with zero attached hydrogens (tertiary/aromatic N) is 2. The molecule has 0 bridgehead atoms. The van der Waals surface area contributed by atoms with Crippen LogP contribution in [0.2, 0.25) is 0 Å². The summed E-state index contributed by atoms with van der Waals surface area (Å²) in [6.45, 7) is 7.71. The summed E-state index contributed by atoms with van der Waals surface area (Å²) in [5, 5.41) is 9.21. The molecule has 0 radical (unpaired) electrons. The molecule has 0 fully saturated rings. The van der Waals surface area contributed by atoms with Gasteiger partial charge in [0.2, 0.25) is 0 Å². The number of pyridine rings is 1. The maximum absolute atomic E-state index is 9.21. The molecule has 4 nitrogen and oxygen atoms in total. The van der Waals surface area contributed by atoms with Crippen LogP contribution in [0, 0.1) is 6.92 Å². The summed E-state index contributed by atoms with van der Waals surface area (Å²) in [5.74, 6) is 0.904. The van der Waals surface area contributed by atoms with Crippen molar-refractivity contribution in [1.82, 2.24) is 4.98 Å². The minimum Gasteiger partial charge on any atom is -0.392 e. The molecule has 17 heavy (non-hydrogen) atoms. The second-order valence-corrected chi connectivity index (χ2v) is 4.41. The predicted octanol–water partition coefficient (Wildman–Crippen LogP) is 1.74. The van der Waals surface area contributed by atoms with E-state index in [1.807, 2.05) is 19.1 Å². The number of aryl methyl sites for hydroxylation is 1. The van der Waals surface area contributed by atoms with Gasteiger partial charge < -0.3 is 14.7 Å². The summed E-state index contributed by atoms with van der Waals surface area (Å²) in [6.07, 6.45) is 0. The van der Waals surface area contributed by atoms with Gasteiger partial charge in [-0.3, -0.25) is 0 Å². The smallest absolute Gasteiger partial charge is 0.129 e. The highest BCUT2D eigenvalue weighted by Crippen LogP contribution is 2.17. The Labute approximate surface area is 103 Å². The number of aromatic nitrogens is 1. The monoisotopic (exact) mass is 238 g/mol. The maximum atomic E-state index is 9.21. The standard InChI is InChI=1S/C13H22N2O2/c1-10(2)15(5-6-17-4)13-8-12(9-16)7-11(3)14-13/h7-8,10,16H,5-6,9H2,1-4H3. The lowest BCUT2D eigenvalue weighted by atomic mass is 10.2. The predicted molar refractivity (Wildman–Crippen MR) is 69.3 cm³/mol. The van der Waals surface area contributed by atoms with Crippen molar-refractivity contribution in [1.29, 1.82) is 0 Å². The van der Waals surface area contributed by atoms with Crippen LogP contribution in [0.3, 0.4) is 0 Å². The van der Waals surface area contributed by atoms with Crippen LogP contribution in [0.25, 0.3) is 0 Å². The van der Waals surface area contributed by atoms with Gasteiger partial charge in [0.1, 0.15) is 5.82 Å². The molecule has 1 rings (SSSR count). The molecule has 0 aliphatic heterocycles. The molecular weight excluding hydrogens is 216 g/mol. The first-order valence-corrected chi connectivity index (χ1v) is 5.92. The van der Waals surface area contributed by atoms with Gasteiger partial charge in [-0.25, -0.2) is 4.98 Å². The fraction of sp³-hybridized carbons (Fsp3) is 0.615. The Bertz CT molecular complexity index is 353. The molecule has 0 atom stereocenters. The Morgan fingerprint density at radius 2 is 2.12 bits per heavy atom. The van der Waals surface area contributed by atoms with Gasteiger partial charge in [0.05, 0.1) is 13.2 Å². The Hall–Kier alpha value is -1.13. The van der Waals surface area contributed by atoms with Crippen molar-refractivity contribution in [3.63, 3.8) is 0 Å². The van der Waals surface area contributed by atoms with E-state index in [0.29, 0.717) is 12.6 Å². The van der Waals surface area contributed by atoms with Crippen molar-refractivity contribution in [3.8, 4) is 0 Å². The van der Waals surface area contributed by atoms with Crippen LogP contribution in [0.5, 0.6) is 0 Å². The van der Waals surface area contributed by atoms with Gasteiger partial charge in [0.15, 0.2) is 0 Å². The van der Waals surface area contributed by atoms with Gasteiger partial charge in [0, 0.05) is 25.4 Å². The van der Waals surface area contributed by atoms with Crippen LogP contribution in [-0.4, -0.2) is 36.4 Å². The zero-order chi connectivity index (χ0) is 12.8. The molecule has 1 aromatic rings. The highest BCUT2D eigenvalue weighted by atomic mass is 16.5. The summed E-state index contributed by atoms with van der Waals surface area (Å²) in [6, 6.07) is 4.19. The third-order valence-corrected chi connectivity index (χ3v) is 2.64. The first kappa shape index (κ1) is 13.9. The largest absolute Gasteiger partial charge is 0.392 e. The normalized spacial score (nSPS) is 10.9. The first-order valence-electron chi connectivity index (χ1n) is 5.92. The van der Waals surface area contributed by atoms with Crippen molar-refractivity contribution in [2.24, 2.45) is 0 Å². The van der Waals surface area contributed by atoms with E-state index in [1.165, 1.54) is 0 Å². The number of hydrogen-bond donors (Lipinski definition) is 1. The van der Waals surface area contributed by atoms with E-state index in [1.54, 1.807) is 7.11 Å². The summed E-state index contributed by atoms with van der Waals surface area (Å²) in [5.41, 5.74) is 1.82. The first-order chi connectivity index (χ1) is 8.08. The van der Waals surface area contributed by atoms with Gasteiger partial charge >= 0.3 is 0 Å². The fourth-order valence-corrected chi connectivity index (χ4v) is 1.79. The molecule has 0 unspecified atom stereocenters. The molecule has 0 aromatic carbocycles. The lowest BCUT2D eigenvalue weighted by Gasteiger charge is -2.28. The molecule has 0 saturated heterocycles. The molecule has 96 valence electrons. The fourth-order valence-electron chi connectivity index (χ4n) is 1.79. The number of aliphatic hydroxyl groups excluding tert-OH is 1. The molecule has 0 amide bonds. The van der Waals surface area contributed by atoms with Crippen LogP contribution in [0.15, 0.2) is 12.1 Å². The lowest BCUT2D eigenvalue weighted by Crippen LogP contribution is -2.34. The molecule has 4 heteroatoms. The Kier molecular flexibility index (Phi) is 5.38. The number of methoxy groups -OCH3 is 1. The van der Waals surface area contributed by atoms with Gasteiger partial charge in [-0.1, -0.05) is 0 Å². The van der Waals surface area contributed by atoms with Crippen molar-refractivity contribution >= 4 is 5.82 Å². The third kappa shape index (κ3) is 3.98. The topological polar surface area (TPSA) is 45.6 Å². The molecule has 1 aromatic heterocycles. The zero-order valence-electron chi connectivity index (χ0n) is 11.1.